The van der Waals surface area contributed by atoms with E-state index in [1.165, 1.54) is 6.39 Å². The molecular weight excluding hydrogens is 216 g/mol. The lowest BCUT2D eigenvalue weighted by Gasteiger charge is -1.99. The highest BCUT2D eigenvalue weighted by molar-refractivity contribution is 5.95. The number of nitrogens with two attached hydrogens (primary N) is 1. The van der Waals surface area contributed by atoms with Crippen molar-refractivity contribution in [1.29, 1.82) is 0 Å². The van der Waals surface area contributed by atoms with Crippen LogP contribution < -0.4 is 11.1 Å². The van der Waals surface area contributed by atoms with Gasteiger partial charge >= 0.3 is 0 Å². The number of amides is 1. The van der Waals surface area contributed by atoms with E-state index >= 15 is 0 Å². The highest BCUT2D eigenvalue weighted by atomic mass is 16.6. The topological polar surface area (TPSA) is 133 Å². The van der Waals surface area contributed by atoms with Gasteiger partial charge in [-0.1, -0.05) is 5.16 Å². The molecule has 9 nitrogen and oxygen atoms in total. The van der Waals surface area contributed by atoms with E-state index in [2.05, 4.69) is 34.9 Å². The van der Waals surface area contributed by atoms with Crippen molar-refractivity contribution in [2.45, 2.75) is 6.42 Å². The van der Waals surface area contributed by atoms with Crippen LogP contribution in [0.3, 0.4) is 0 Å². The summed E-state index contributed by atoms with van der Waals surface area (Å²) in [5.41, 5.74) is 5.31. The first-order valence-electron chi connectivity index (χ1n) is 4.39. The van der Waals surface area contributed by atoms with Crippen LogP contribution in [0.1, 0.15) is 16.3 Å². The van der Waals surface area contributed by atoms with Crippen LogP contribution in [0.25, 0.3) is 0 Å². The van der Waals surface area contributed by atoms with Gasteiger partial charge in [-0.05, 0) is 10.3 Å². The van der Waals surface area contributed by atoms with Gasteiger partial charge in [-0.3, -0.25) is 4.79 Å². The van der Waals surface area contributed by atoms with Gasteiger partial charge in [-0.2, -0.15) is 4.98 Å². The Kier molecular flexibility index (Phi) is 2.76. The molecule has 9 heteroatoms. The molecule has 2 aromatic rings. The van der Waals surface area contributed by atoms with Crippen molar-refractivity contribution in [2.75, 3.05) is 12.3 Å². The maximum absolute atomic E-state index is 11.4. The van der Waals surface area contributed by atoms with Gasteiger partial charge in [-0.15, -0.1) is 0 Å². The molecule has 3 N–H and O–H groups in total. The van der Waals surface area contributed by atoms with Crippen LogP contribution in [0.4, 0.5) is 5.82 Å². The van der Waals surface area contributed by atoms with E-state index in [4.69, 9.17) is 5.73 Å². The molecule has 0 aliphatic carbocycles. The fourth-order valence-corrected chi connectivity index (χ4v) is 1.03. The largest absolute Gasteiger partial charge is 0.379 e. The molecule has 0 spiro atoms. The smallest absolute Gasteiger partial charge is 0.277 e. The lowest BCUT2D eigenvalue weighted by molar-refractivity contribution is 0.0944. The van der Waals surface area contributed by atoms with Gasteiger partial charge in [0, 0.05) is 13.0 Å². The summed E-state index contributed by atoms with van der Waals surface area (Å²) < 4.78 is 8.83. The van der Waals surface area contributed by atoms with Crippen molar-refractivity contribution in [3.8, 4) is 0 Å². The molecule has 2 aromatic heterocycles. The summed E-state index contributed by atoms with van der Waals surface area (Å²) in [5, 5.41) is 12.8. The summed E-state index contributed by atoms with van der Waals surface area (Å²) in [4.78, 5) is 15.2. The predicted molar refractivity (Wildman–Crippen MR) is 49.0 cm³/mol. The Morgan fingerprint density at radius 2 is 2.31 bits per heavy atom. The van der Waals surface area contributed by atoms with Crippen molar-refractivity contribution in [3.05, 3.63) is 17.9 Å². The Morgan fingerprint density at radius 3 is 2.94 bits per heavy atom. The normalized spacial score (nSPS) is 10.2. The zero-order valence-corrected chi connectivity index (χ0v) is 8.08. The Bertz CT molecular complexity index is 464. The average Bonchev–Trinajstić information content (AvgIpc) is 2.88. The van der Waals surface area contributed by atoms with Gasteiger partial charge in [0.1, 0.15) is 0 Å². The summed E-state index contributed by atoms with van der Waals surface area (Å²) in [5.74, 6) is 0.00542. The second kappa shape index (κ2) is 4.38. The van der Waals surface area contributed by atoms with E-state index < -0.39 is 5.91 Å². The van der Waals surface area contributed by atoms with Crippen LogP contribution >= 0.6 is 0 Å². The van der Waals surface area contributed by atoms with Crippen molar-refractivity contribution >= 4 is 11.7 Å². The molecular formula is C7H8N6O3. The SMILES string of the molecule is Nc1nonc1C(=O)NCCc1ncon1. The molecule has 2 rings (SSSR count). The molecule has 0 fully saturated rings. The standard InChI is InChI=1S/C7H8N6O3/c8-6-5(12-16-13-6)7(14)9-2-1-4-10-3-15-11-4/h3H,1-2H2,(H2,8,13)(H,9,14). The Morgan fingerprint density at radius 1 is 1.44 bits per heavy atom. The van der Waals surface area contributed by atoms with E-state index in [0.29, 0.717) is 18.8 Å². The maximum atomic E-state index is 11.4. The second-order valence-corrected chi connectivity index (χ2v) is 2.85. The minimum Gasteiger partial charge on any atom is -0.379 e. The number of nitrogen functional groups attached to an aromatic ring is 1. The third-order valence-corrected chi connectivity index (χ3v) is 1.77. The van der Waals surface area contributed by atoms with Crippen LogP contribution in [0.15, 0.2) is 15.5 Å². The zero-order chi connectivity index (χ0) is 11.4. The predicted octanol–water partition coefficient (Wildman–Crippen LogP) is -0.993. The number of nitrogens with one attached hydrogen (secondary N) is 1. The highest BCUT2D eigenvalue weighted by Crippen LogP contribution is 2.02. The third kappa shape index (κ3) is 2.13. The quantitative estimate of drug-likeness (QED) is 0.675. The fraction of sp³-hybridized carbons (Fsp3) is 0.286. The minimum atomic E-state index is -0.456. The van der Waals surface area contributed by atoms with Gasteiger partial charge < -0.3 is 15.6 Å². The van der Waals surface area contributed by atoms with Crippen LogP contribution in [0.2, 0.25) is 0 Å². The van der Waals surface area contributed by atoms with Crippen LogP contribution in [-0.2, 0) is 6.42 Å². The van der Waals surface area contributed by atoms with Gasteiger partial charge in [0.15, 0.2) is 5.82 Å². The molecule has 0 atom stereocenters. The van der Waals surface area contributed by atoms with Gasteiger partial charge in [0.25, 0.3) is 5.91 Å². The molecule has 0 saturated heterocycles. The number of nitrogens with zero attached hydrogens (tertiary/aromatic N) is 4. The van der Waals surface area contributed by atoms with Crippen molar-refractivity contribution < 1.29 is 13.9 Å². The lowest BCUT2D eigenvalue weighted by Crippen LogP contribution is -2.27. The molecule has 84 valence electrons. The summed E-state index contributed by atoms with van der Waals surface area (Å²) in [6, 6.07) is 0. The van der Waals surface area contributed by atoms with Crippen LogP contribution in [0, 0.1) is 0 Å². The first kappa shape index (κ1) is 10.1. The van der Waals surface area contributed by atoms with Gasteiger partial charge in [0.2, 0.25) is 17.9 Å². The van der Waals surface area contributed by atoms with E-state index in [1.54, 1.807) is 0 Å². The minimum absolute atomic E-state index is 0.0342. The summed E-state index contributed by atoms with van der Waals surface area (Å²) in [7, 11) is 0. The monoisotopic (exact) mass is 224 g/mol. The van der Waals surface area contributed by atoms with Crippen molar-refractivity contribution in [2.24, 2.45) is 0 Å². The van der Waals surface area contributed by atoms with E-state index in [0.717, 1.165) is 0 Å². The van der Waals surface area contributed by atoms with Crippen LogP contribution in [0.5, 0.6) is 0 Å². The van der Waals surface area contributed by atoms with E-state index in [-0.39, 0.29) is 11.5 Å². The highest BCUT2D eigenvalue weighted by Gasteiger charge is 2.15. The first-order valence-corrected chi connectivity index (χ1v) is 4.39. The second-order valence-electron chi connectivity index (χ2n) is 2.85. The molecule has 0 radical (unpaired) electrons. The van der Waals surface area contributed by atoms with Gasteiger partial charge in [-0.25, -0.2) is 4.63 Å². The van der Waals surface area contributed by atoms with Crippen LogP contribution in [-0.4, -0.2) is 32.9 Å². The molecule has 0 bridgehead atoms. The number of hydrogen-bond donors (Lipinski definition) is 2. The maximum Gasteiger partial charge on any atom is 0.277 e. The number of anilines is 1. The molecule has 2 heterocycles. The average molecular weight is 224 g/mol. The fourth-order valence-electron chi connectivity index (χ4n) is 1.03. The van der Waals surface area contributed by atoms with Crippen molar-refractivity contribution in [1.82, 2.24) is 25.8 Å². The Balaban J connectivity index is 1.83. The zero-order valence-electron chi connectivity index (χ0n) is 8.08. The summed E-state index contributed by atoms with van der Waals surface area (Å²) >= 11 is 0. The lowest BCUT2D eigenvalue weighted by atomic mass is 10.3. The van der Waals surface area contributed by atoms with Crippen molar-refractivity contribution in [3.63, 3.8) is 0 Å². The number of carbonyl (C=O) groups is 1. The number of carbonyl (C=O) groups excluding carboxylic acids is 1. The summed E-state index contributed by atoms with van der Waals surface area (Å²) in [6.07, 6.45) is 1.67. The van der Waals surface area contributed by atoms with Gasteiger partial charge in [0.05, 0.1) is 0 Å². The third-order valence-electron chi connectivity index (χ3n) is 1.77. The van der Waals surface area contributed by atoms with E-state index in [9.17, 15) is 4.79 Å². The Labute approximate surface area is 89.0 Å². The number of aromatic nitrogens is 4. The molecule has 0 aliphatic rings. The van der Waals surface area contributed by atoms with E-state index in [1.807, 2.05) is 0 Å². The molecule has 0 aromatic carbocycles. The molecule has 0 unspecified atom stereocenters. The number of rotatable bonds is 4. The number of hydrogen-bond acceptors (Lipinski definition) is 8. The Hall–Kier alpha value is -2.45. The molecule has 0 saturated carbocycles. The first-order chi connectivity index (χ1) is 7.77. The summed E-state index contributed by atoms with van der Waals surface area (Å²) in [6.45, 7) is 0.338. The molecule has 0 aliphatic heterocycles. The molecule has 1 amide bonds. The molecule has 16 heavy (non-hydrogen) atoms.